The Kier molecular flexibility index (Phi) is 2.56. The van der Waals surface area contributed by atoms with E-state index in [2.05, 4.69) is 4.98 Å². The lowest BCUT2D eigenvalue weighted by Gasteiger charge is -2.05. The highest BCUT2D eigenvalue weighted by Gasteiger charge is 2.21. The Balaban J connectivity index is 2.45. The van der Waals surface area contributed by atoms with E-state index in [0.717, 1.165) is 11.3 Å². The highest BCUT2D eigenvalue weighted by Crippen LogP contribution is 2.40. The summed E-state index contributed by atoms with van der Waals surface area (Å²) in [6.45, 7) is 0. The second-order valence-electron chi connectivity index (χ2n) is 3.98. The number of nitrogens with two attached hydrogens (primary N) is 2. The van der Waals surface area contributed by atoms with E-state index in [4.69, 9.17) is 21.1 Å². The SMILES string of the molecule is N#Cc1sc2nc(-c3ccco3)c(C#N)c(N)c2c1N. The normalized spacial score (nSPS) is 10.3. The van der Waals surface area contributed by atoms with Gasteiger partial charge in [0.15, 0.2) is 5.76 Å². The van der Waals surface area contributed by atoms with Gasteiger partial charge in [0.05, 0.1) is 23.0 Å². The first-order valence-corrected chi connectivity index (χ1v) is 6.34. The van der Waals surface area contributed by atoms with Gasteiger partial charge in [-0.15, -0.1) is 11.3 Å². The zero-order valence-electron chi connectivity index (χ0n) is 10.0. The van der Waals surface area contributed by atoms with E-state index in [1.54, 1.807) is 12.1 Å². The zero-order valence-corrected chi connectivity index (χ0v) is 10.9. The Bertz CT molecular complexity index is 896. The number of anilines is 2. The van der Waals surface area contributed by atoms with Crippen LogP contribution < -0.4 is 11.5 Å². The largest absolute Gasteiger partial charge is 0.463 e. The number of rotatable bonds is 1. The molecular weight excluding hydrogens is 274 g/mol. The molecule has 4 N–H and O–H groups in total. The number of aromatic nitrogens is 1. The molecule has 0 saturated heterocycles. The third-order valence-electron chi connectivity index (χ3n) is 2.88. The van der Waals surface area contributed by atoms with Gasteiger partial charge in [-0.2, -0.15) is 10.5 Å². The molecule has 96 valence electrons. The van der Waals surface area contributed by atoms with Crippen molar-refractivity contribution in [1.82, 2.24) is 4.98 Å². The van der Waals surface area contributed by atoms with E-state index in [1.165, 1.54) is 6.26 Å². The molecule has 3 aromatic heterocycles. The van der Waals surface area contributed by atoms with Crippen LogP contribution in [-0.4, -0.2) is 4.98 Å². The van der Waals surface area contributed by atoms with Crippen LogP contribution in [0.4, 0.5) is 11.4 Å². The average molecular weight is 281 g/mol. The van der Waals surface area contributed by atoms with Crippen LogP contribution in [0.15, 0.2) is 22.8 Å². The summed E-state index contributed by atoms with van der Waals surface area (Å²) in [5, 5.41) is 18.8. The van der Waals surface area contributed by atoms with Crippen molar-refractivity contribution in [1.29, 1.82) is 10.5 Å². The van der Waals surface area contributed by atoms with E-state index < -0.39 is 0 Å². The summed E-state index contributed by atoms with van der Waals surface area (Å²) in [4.78, 5) is 5.22. The number of pyridine rings is 1. The fourth-order valence-electron chi connectivity index (χ4n) is 1.97. The molecule has 3 aromatic rings. The van der Waals surface area contributed by atoms with E-state index >= 15 is 0 Å². The Labute approximate surface area is 117 Å². The predicted octanol–water partition coefficient (Wildman–Crippen LogP) is 2.46. The van der Waals surface area contributed by atoms with Crippen LogP contribution >= 0.6 is 11.3 Å². The maximum Gasteiger partial charge on any atom is 0.153 e. The molecule has 20 heavy (non-hydrogen) atoms. The van der Waals surface area contributed by atoms with Crippen LogP contribution in [0.5, 0.6) is 0 Å². The first kappa shape index (κ1) is 12.0. The highest BCUT2D eigenvalue weighted by atomic mass is 32.1. The molecule has 0 bridgehead atoms. The standard InChI is InChI=1S/C13H7N5OS/c14-4-6-10(16)9-11(17)8(5-15)20-13(9)18-12(6)7-2-1-3-19-7/h1-3H,17H2,(H2,16,18). The molecule has 0 radical (unpaired) electrons. The summed E-state index contributed by atoms with van der Waals surface area (Å²) in [6, 6.07) is 7.40. The van der Waals surface area contributed by atoms with Gasteiger partial charge in [-0.1, -0.05) is 0 Å². The third kappa shape index (κ3) is 1.51. The quantitative estimate of drug-likeness (QED) is 0.705. The van der Waals surface area contributed by atoms with Crippen molar-refractivity contribution in [2.24, 2.45) is 0 Å². The van der Waals surface area contributed by atoms with Crippen molar-refractivity contribution in [2.45, 2.75) is 0 Å². The predicted molar refractivity (Wildman–Crippen MR) is 75.6 cm³/mol. The molecule has 6 nitrogen and oxygen atoms in total. The lowest BCUT2D eigenvalue weighted by Crippen LogP contribution is -1.98. The van der Waals surface area contributed by atoms with Crippen LogP contribution in [0.3, 0.4) is 0 Å². The number of nitriles is 2. The van der Waals surface area contributed by atoms with Crippen LogP contribution in [-0.2, 0) is 0 Å². The number of hydrogen-bond donors (Lipinski definition) is 2. The van der Waals surface area contributed by atoms with Gasteiger partial charge >= 0.3 is 0 Å². The van der Waals surface area contributed by atoms with Crippen molar-refractivity contribution >= 4 is 32.9 Å². The van der Waals surface area contributed by atoms with Crippen LogP contribution in [0.2, 0.25) is 0 Å². The number of nitrogen functional groups attached to an aromatic ring is 2. The number of furan rings is 1. The number of hydrogen-bond acceptors (Lipinski definition) is 7. The monoisotopic (exact) mass is 281 g/mol. The van der Waals surface area contributed by atoms with E-state index in [0.29, 0.717) is 26.5 Å². The van der Waals surface area contributed by atoms with Crippen molar-refractivity contribution in [3.05, 3.63) is 28.8 Å². The Morgan fingerprint density at radius 1 is 1.20 bits per heavy atom. The zero-order chi connectivity index (χ0) is 14.3. The van der Waals surface area contributed by atoms with Crippen molar-refractivity contribution in [3.8, 4) is 23.6 Å². The van der Waals surface area contributed by atoms with Crippen molar-refractivity contribution in [2.75, 3.05) is 11.5 Å². The molecule has 0 saturated carbocycles. The topological polar surface area (TPSA) is 126 Å². The minimum Gasteiger partial charge on any atom is -0.463 e. The first-order valence-electron chi connectivity index (χ1n) is 5.53. The molecule has 3 heterocycles. The third-order valence-corrected chi connectivity index (χ3v) is 3.89. The van der Waals surface area contributed by atoms with Crippen LogP contribution in [0.1, 0.15) is 10.4 Å². The number of fused-ring (bicyclic) bond motifs is 1. The molecule has 3 rings (SSSR count). The molecule has 0 aliphatic carbocycles. The Morgan fingerprint density at radius 3 is 2.60 bits per heavy atom. The van der Waals surface area contributed by atoms with Crippen molar-refractivity contribution < 1.29 is 4.42 Å². The van der Waals surface area contributed by atoms with Gasteiger partial charge < -0.3 is 15.9 Å². The van der Waals surface area contributed by atoms with Gasteiger partial charge in [0.1, 0.15) is 33.1 Å². The van der Waals surface area contributed by atoms with Crippen molar-refractivity contribution in [3.63, 3.8) is 0 Å². The van der Waals surface area contributed by atoms with Gasteiger partial charge in [0, 0.05) is 0 Å². The molecule has 0 aliphatic rings. The molecule has 0 spiro atoms. The highest BCUT2D eigenvalue weighted by molar-refractivity contribution is 7.20. The maximum absolute atomic E-state index is 9.30. The summed E-state index contributed by atoms with van der Waals surface area (Å²) in [7, 11) is 0. The number of thiophene rings is 1. The summed E-state index contributed by atoms with van der Waals surface area (Å²) in [5.74, 6) is 0.445. The molecule has 0 aromatic carbocycles. The second-order valence-corrected chi connectivity index (χ2v) is 4.97. The molecular formula is C13H7N5OS. The summed E-state index contributed by atoms with van der Waals surface area (Å²) >= 11 is 1.14. The molecule has 0 amide bonds. The molecule has 0 unspecified atom stereocenters. The van der Waals surface area contributed by atoms with Crippen LogP contribution in [0, 0.1) is 22.7 Å². The van der Waals surface area contributed by atoms with Gasteiger partial charge in [-0.3, -0.25) is 0 Å². The molecule has 7 heteroatoms. The van der Waals surface area contributed by atoms with Gasteiger partial charge in [-0.25, -0.2) is 4.98 Å². The smallest absolute Gasteiger partial charge is 0.153 e. The van der Waals surface area contributed by atoms with Crippen LogP contribution in [0.25, 0.3) is 21.7 Å². The fourth-order valence-corrected chi connectivity index (χ4v) is 2.88. The van der Waals surface area contributed by atoms with E-state index in [9.17, 15) is 5.26 Å². The lowest BCUT2D eigenvalue weighted by atomic mass is 10.1. The minimum absolute atomic E-state index is 0.196. The van der Waals surface area contributed by atoms with E-state index in [-0.39, 0.29) is 16.9 Å². The summed E-state index contributed by atoms with van der Waals surface area (Å²) < 4.78 is 5.27. The van der Waals surface area contributed by atoms with E-state index in [1.807, 2.05) is 12.1 Å². The molecule has 0 aliphatic heterocycles. The lowest BCUT2D eigenvalue weighted by molar-refractivity contribution is 0.580. The van der Waals surface area contributed by atoms with Gasteiger partial charge in [-0.05, 0) is 12.1 Å². The van der Waals surface area contributed by atoms with Gasteiger partial charge in [0.2, 0.25) is 0 Å². The number of nitrogens with zero attached hydrogens (tertiary/aromatic N) is 3. The molecule has 0 fully saturated rings. The summed E-state index contributed by atoms with van der Waals surface area (Å²) in [6.07, 6.45) is 1.49. The van der Waals surface area contributed by atoms with Gasteiger partial charge in [0.25, 0.3) is 0 Å². The average Bonchev–Trinajstić information content (AvgIpc) is 3.06. The maximum atomic E-state index is 9.30. The Morgan fingerprint density at radius 2 is 2.00 bits per heavy atom. The fraction of sp³-hybridized carbons (Fsp3) is 0. The first-order chi connectivity index (χ1) is 9.67. The Hall–Kier alpha value is -3.03. The summed E-state index contributed by atoms with van der Waals surface area (Å²) in [5.41, 5.74) is 12.9. The molecule has 0 atom stereocenters. The minimum atomic E-state index is 0.196. The second kappa shape index (κ2) is 4.26.